The summed E-state index contributed by atoms with van der Waals surface area (Å²) in [4.78, 5) is 20.6. The normalized spacial score (nSPS) is 11.8. The van der Waals surface area contributed by atoms with Crippen LogP contribution in [0.1, 0.15) is 22.3 Å². The number of hydrogen-bond donors (Lipinski definition) is 4. The van der Waals surface area contributed by atoms with Crippen LogP contribution in [0.4, 0.5) is 0 Å². The smallest absolute Gasteiger partial charge is 0.167 e. The molecule has 0 saturated carbocycles. The molecule has 0 aliphatic rings. The van der Waals surface area contributed by atoms with Gasteiger partial charge in [-0.15, -0.1) is 0 Å². The molecule has 0 aliphatic carbocycles. The van der Waals surface area contributed by atoms with Crippen molar-refractivity contribution >= 4 is 46.4 Å². The van der Waals surface area contributed by atoms with Crippen molar-refractivity contribution in [2.45, 2.75) is 0 Å². The van der Waals surface area contributed by atoms with E-state index in [1.54, 1.807) is 12.1 Å². The number of fused-ring (bicyclic) bond motifs is 2. The maximum absolute atomic E-state index is 10.3. The summed E-state index contributed by atoms with van der Waals surface area (Å²) in [5, 5.41) is 59.8. The lowest BCUT2D eigenvalue weighted by Gasteiger charge is -2.05. The molecule has 0 aromatic heterocycles. The zero-order valence-electron chi connectivity index (χ0n) is 24.4. The van der Waals surface area contributed by atoms with Crippen LogP contribution in [0.15, 0.2) is 106 Å². The van der Waals surface area contributed by atoms with Crippen molar-refractivity contribution in [1.82, 2.24) is 0 Å². The molecule has 0 fully saturated rings. The maximum Gasteiger partial charge on any atom is 0.167 e. The first kappa shape index (κ1) is 31.1. The van der Waals surface area contributed by atoms with Crippen LogP contribution in [0.3, 0.4) is 0 Å². The molecule has 4 N–H and O–H groups in total. The van der Waals surface area contributed by atoms with E-state index in [1.165, 1.54) is 37.0 Å². The topological polar surface area (TPSA) is 167 Å². The highest BCUT2D eigenvalue weighted by Crippen LogP contribution is 2.31. The first-order chi connectivity index (χ1) is 22.5. The van der Waals surface area contributed by atoms with Gasteiger partial charge in [-0.1, -0.05) is 81.3 Å². The SMILES string of the molecule is Oc1ccc2ccccc2c1/C=N/OCCO/N=C/c1ccc(/C=N/OCCO/N=C/c2c(O)ccc3ccccc23)c(O)c1O. The molecule has 0 unspecified atom stereocenters. The van der Waals surface area contributed by atoms with Crippen molar-refractivity contribution in [1.29, 1.82) is 0 Å². The highest BCUT2D eigenvalue weighted by atomic mass is 16.7. The summed E-state index contributed by atoms with van der Waals surface area (Å²) in [6.07, 6.45) is 5.34. The Morgan fingerprint density at radius 2 is 0.804 bits per heavy atom. The van der Waals surface area contributed by atoms with Crippen molar-refractivity contribution in [3.05, 3.63) is 107 Å². The molecular formula is C34H30N4O8. The molecular weight excluding hydrogens is 592 g/mol. The van der Waals surface area contributed by atoms with Crippen molar-refractivity contribution in [3.63, 3.8) is 0 Å². The lowest BCUT2D eigenvalue weighted by atomic mass is 10.0. The lowest BCUT2D eigenvalue weighted by molar-refractivity contribution is 0.0552. The Hall–Kier alpha value is -6.30. The van der Waals surface area contributed by atoms with E-state index in [9.17, 15) is 20.4 Å². The molecule has 234 valence electrons. The van der Waals surface area contributed by atoms with Crippen molar-refractivity contribution in [2.24, 2.45) is 20.6 Å². The van der Waals surface area contributed by atoms with Gasteiger partial charge in [-0.25, -0.2) is 0 Å². The fourth-order valence-electron chi connectivity index (χ4n) is 4.39. The van der Waals surface area contributed by atoms with Crippen LogP contribution in [0.2, 0.25) is 0 Å². The number of aromatic hydroxyl groups is 4. The van der Waals surface area contributed by atoms with Crippen molar-refractivity contribution < 1.29 is 39.8 Å². The standard InChI is InChI=1S/C34H30N4O8/c39-31-13-11-23-5-1-3-7-27(23)29(31)21-37-45-17-15-43-35-19-25-9-10-26(34(42)33(25)41)20-36-44-16-18-46-38-22-30-28-8-4-2-6-24(28)12-14-32(30)40/h1-14,19-22,39-42H,15-18H2/b35-19+,36-20+,37-21+,38-22+. The van der Waals surface area contributed by atoms with Crippen LogP contribution < -0.4 is 0 Å². The molecule has 0 bridgehead atoms. The molecule has 0 atom stereocenters. The zero-order valence-corrected chi connectivity index (χ0v) is 24.4. The molecule has 0 spiro atoms. The molecule has 12 nitrogen and oxygen atoms in total. The highest BCUT2D eigenvalue weighted by molar-refractivity contribution is 6.03. The second-order valence-corrected chi connectivity index (χ2v) is 9.65. The largest absolute Gasteiger partial charge is 0.507 e. The Kier molecular flexibility index (Phi) is 10.4. The summed E-state index contributed by atoms with van der Waals surface area (Å²) in [5.74, 6) is -0.651. The molecule has 0 heterocycles. The Labute approximate surface area is 263 Å². The second kappa shape index (κ2) is 15.4. The third-order valence-corrected chi connectivity index (χ3v) is 6.69. The van der Waals surface area contributed by atoms with E-state index in [2.05, 4.69) is 20.6 Å². The van der Waals surface area contributed by atoms with Gasteiger partial charge in [-0.05, 0) is 45.8 Å². The monoisotopic (exact) mass is 622 g/mol. The average Bonchev–Trinajstić information content (AvgIpc) is 3.07. The number of hydrogen-bond acceptors (Lipinski definition) is 12. The summed E-state index contributed by atoms with van der Waals surface area (Å²) in [7, 11) is 0. The third kappa shape index (κ3) is 7.80. The number of oxime groups is 4. The summed E-state index contributed by atoms with van der Waals surface area (Å²) in [6.45, 7) is 0.282. The van der Waals surface area contributed by atoms with Crippen LogP contribution in [-0.2, 0) is 19.4 Å². The molecule has 5 aromatic carbocycles. The van der Waals surface area contributed by atoms with E-state index < -0.39 is 11.5 Å². The van der Waals surface area contributed by atoms with Crippen LogP contribution in [-0.4, -0.2) is 71.7 Å². The van der Waals surface area contributed by atoms with Gasteiger partial charge in [-0.2, -0.15) is 0 Å². The molecule has 0 aliphatic heterocycles. The van der Waals surface area contributed by atoms with E-state index in [0.717, 1.165) is 21.5 Å². The van der Waals surface area contributed by atoms with Gasteiger partial charge in [0.25, 0.3) is 0 Å². The van der Waals surface area contributed by atoms with Crippen molar-refractivity contribution in [3.8, 4) is 23.0 Å². The fraction of sp³-hybridized carbons (Fsp3) is 0.118. The summed E-state index contributed by atoms with van der Waals surface area (Å²) < 4.78 is 0. The summed E-state index contributed by atoms with van der Waals surface area (Å²) >= 11 is 0. The van der Waals surface area contributed by atoms with Gasteiger partial charge >= 0.3 is 0 Å². The Morgan fingerprint density at radius 1 is 0.435 bits per heavy atom. The van der Waals surface area contributed by atoms with E-state index in [0.29, 0.717) is 11.1 Å². The minimum Gasteiger partial charge on any atom is -0.507 e. The van der Waals surface area contributed by atoms with Gasteiger partial charge in [0.15, 0.2) is 37.9 Å². The van der Waals surface area contributed by atoms with Crippen LogP contribution in [0.5, 0.6) is 23.0 Å². The van der Waals surface area contributed by atoms with Gasteiger partial charge in [0.05, 0.1) is 24.9 Å². The van der Waals surface area contributed by atoms with Crippen molar-refractivity contribution in [2.75, 3.05) is 26.4 Å². The van der Waals surface area contributed by atoms with E-state index in [-0.39, 0.29) is 49.1 Å². The van der Waals surface area contributed by atoms with E-state index in [4.69, 9.17) is 19.4 Å². The first-order valence-electron chi connectivity index (χ1n) is 14.1. The number of benzene rings is 5. The predicted molar refractivity (Wildman–Crippen MR) is 175 cm³/mol. The number of nitrogens with zero attached hydrogens (tertiary/aromatic N) is 4. The van der Waals surface area contributed by atoms with Gasteiger partial charge in [0.1, 0.15) is 11.5 Å². The third-order valence-electron chi connectivity index (χ3n) is 6.69. The van der Waals surface area contributed by atoms with E-state index >= 15 is 0 Å². The minimum atomic E-state index is -0.415. The van der Waals surface area contributed by atoms with Gasteiger partial charge in [0, 0.05) is 22.3 Å². The Bertz CT molecular complexity index is 1790. The lowest BCUT2D eigenvalue weighted by Crippen LogP contribution is -1.99. The quantitative estimate of drug-likeness (QED) is 0.0536. The van der Waals surface area contributed by atoms with Gasteiger partial charge in [0.2, 0.25) is 0 Å². The predicted octanol–water partition coefficient (Wildman–Crippen LogP) is 5.62. The van der Waals surface area contributed by atoms with Crippen LogP contribution >= 0.6 is 0 Å². The zero-order chi connectivity index (χ0) is 32.1. The Morgan fingerprint density at radius 3 is 1.22 bits per heavy atom. The molecule has 5 rings (SSSR count). The highest BCUT2D eigenvalue weighted by Gasteiger charge is 2.10. The average molecular weight is 623 g/mol. The molecule has 5 aromatic rings. The minimum absolute atomic E-state index is 0.0604. The summed E-state index contributed by atoms with van der Waals surface area (Å²) in [5.41, 5.74) is 1.51. The van der Waals surface area contributed by atoms with E-state index in [1.807, 2.05) is 60.7 Å². The van der Waals surface area contributed by atoms with Crippen LogP contribution in [0, 0.1) is 0 Å². The molecule has 0 amide bonds. The Balaban J connectivity index is 1.02. The fourth-order valence-corrected chi connectivity index (χ4v) is 4.39. The summed E-state index contributed by atoms with van der Waals surface area (Å²) in [6, 6.07) is 25.1. The maximum atomic E-state index is 10.3. The molecule has 0 saturated heterocycles. The molecule has 12 heteroatoms. The number of phenolic OH excluding ortho intramolecular Hbond substituents is 4. The first-order valence-corrected chi connectivity index (χ1v) is 14.1. The van der Waals surface area contributed by atoms with Gasteiger partial charge < -0.3 is 39.8 Å². The molecule has 0 radical (unpaired) electrons. The number of phenols is 4. The van der Waals surface area contributed by atoms with Crippen LogP contribution in [0.25, 0.3) is 21.5 Å². The number of rotatable bonds is 14. The molecule has 46 heavy (non-hydrogen) atoms. The van der Waals surface area contributed by atoms with Gasteiger partial charge in [-0.3, -0.25) is 0 Å². The second-order valence-electron chi connectivity index (χ2n) is 9.65.